The van der Waals surface area contributed by atoms with Crippen molar-refractivity contribution in [1.29, 1.82) is 0 Å². The molecule has 2 nitrogen and oxygen atoms in total. The number of rotatable bonds is 11. The smallest absolute Gasteiger partial charge is 0.305 e. The molecule has 1 aliphatic rings. The average Bonchev–Trinajstić information content (AvgIpc) is 3.27. The Balaban J connectivity index is 0.000000563. The van der Waals surface area contributed by atoms with Crippen LogP contribution in [0.15, 0.2) is 29.2 Å². The van der Waals surface area contributed by atoms with Crippen LogP contribution < -0.4 is 0 Å². The molecule has 1 aromatic rings. The van der Waals surface area contributed by atoms with E-state index in [-0.39, 0.29) is 11.8 Å². The van der Waals surface area contributed by atoms with Gasteiger partial charge < -0.3 is 4.74 Å². The molecule has 1 fully saturated rings. The highest BCUT2D eigenvalue weighted by atomic mass is 32.2. The Labute approximate surface area is 183 Å². The minimum absolute atomic E-state index is 0.0757. The average molecular weight is 427 g/mol. The molecule has 0 saturated heterocycles. The van der Waals surface area contributed by atoms with Gasteiger partial charge in [0.1, 0.15) is 5.82 Å². The number of ether oxygens (including phenoxy) is 1. The van der Waals surface area contributed by atoms with Crippen LogP contribution in [0.25, 0.3) is 0 Å². The molecule has 29 heavy (non-hydrogen) atoms. The maximum absolute atomic E-state index is 13.3. The Morgan fingerprint density at radius 3 is 2.38 bits per heavy atom. The van der Waals surface area contributed by atoms with Gasteiger partial charge in [-0.2, -0.15) is 0 Å². The minimum atomic E-state index is -0.0869. The van der Waals surface area contributed by atoms with Gasteiger partial charge in [-0.3, -0.25) is 4.79 Å². The van der Waals surface area contributed by atoms with Gasteiger partial charge in [0.05, 0.1) is 7.11 Å². The van der Waals surface area contributed by atoms with Crippen molar-refractivity contribution < 1.29 is 13.9 Å². The third-order valence-corrected chi connectivity index (χ3v) is 6.17. The first-order valence-corrected chi connectivity index (χ1v) is 12.6. The standard InChI is InChI=1S/C15H21FS.C8H16O2.C2H6/c16-14-10-3-4-11-15(14)17-12-6-5-9-13-7-1-2-8-13;1-3-4-5-6-7-8(9)10-2;1-2/h3-4,10-11,13H,1-2,5-9,12H2;3-7H2,1-2H3;1-2H3. The number of carbonyl (C=O) groups excluding carboxylic acids is 1. The van der Waals surface area contributed by atoms with Crippen LogP contribution in [0.1, 0.15) is 97.8 Å². The fourth-order valence-electron chi connectivity index (χ4n) is 3.38. The molecule has 2 rings (SSSR count). The molecular weight excluding hydrogens is 383 g/mol. The topological polar surface area (TPSA) is 26.3 Å². The maximum atomic E-state index is 13.3. The van der Waals surface area contributed by atoms with E-state index in [2.05, 4.69) is 11.7 Å². The number of thioether (sulfide) groups is 1. The van der Waals surface area contributed by atoms with E-state index < -0.39 is 0 Å². The summed E-state index contributed by atoms with van der Waals surface area (Å²) in [5.41, 5.74) is 0. The molecule has 0 bridgehead atoms. The fraction of sp³-hybridized carbons (Fsp3) is 0.720. The van der Waals surface area contributed by atoms with E-state index >= 15 is 0 Å². The van der Waals surface area contributed by atoms with Crippen LogP contribution in [0.3, 0.4) is 0 Å². The predicted molar refractivity (Wildman–Crippen MR) is 125 cm³/mol. The lowest BCUT2D eigenvalue weighted by Crippen LogP contribution is -1.98. The first kappa shape index (κ1) is 28.0. The van der Waals surface area contributed by atoms with Gasteiger partial charge in [-0.25, -0.2) is 4.39 Å². The molecule has 0 aromatic heterocycles. The number of hydrogen-bond donors (Lipinski definition) is 0. The van der Waals surface area contributed by atoms with Crippen LogP contribution in [0.2, 0.25) is 0 Å². The summed E-state index contributed by atoms with van der Waals surface area (Å²) in [5, 5.41) is 0. The molecule has 0 heterocycles. The molecule has 0 spiro atoms. The van der Waals surface area contributed by atoms with E-state index in [1.807, 2.05) is 26.0 Å². The molecule has 1 aliphatic carbocycles. The molecule has 1 aromatic carbocycles. The number of esters is 1. The summed E-state index contributed by atoms with van der Waals surface area (Å²) in [6, 6.07) is 7.07. The van der Waals surface area contributed by atoms with Crippen LogP contribution in [-0.4, -0.2) is 18.8 Å². The van der Waals surface area contributed by atoms with Crippen LogP contribution in [0, 0.1) is 11.7 Å². The number of unbranched alkanes of at least 4 members (excludes halogenated alkanes) is 4. The second-order valence-corrected chi connectivity index (χ2v) is 8.45. The SMILES string of the molecule is CC.CCCCCCC(=O)OC.Fc1ccccc1SCCCCC1CCCC1. The summed E-state index contributed by atoms with van der Waals surface area (Å²) in [7, 11) is 1.43. The Bertz CT molecular complexity index is 501. The molecule has 1 saturated carbocycles. The van der Waals surface area contributed by atoms with Crippen molar-refractivity contribution in [3.63, 3.8) is 0 Å². The lowest BCUT2D eigenvalue weighted by molar-refractivity contribution is -0.140. The minimum Gasteiger partial charge on any atom is -0.469 e. The van der Waals surface area contributed by atoms with Crippen molar-refractivity contribution in [1.82, 2.24) is 0 Å². The van der Waals surface area contributed by atoms with Crippen molar-refractivity contribution in [2.45, 2.75) is 103 Å². The van der Waals surface area contributed by atoms with E-state index in [9.17, 15) is 9.18 Å². The third kappa shape index (κ3) is 15.5. The number of hydrogen-bond acceptors (Lipinski definition) is 3. The van der Waals surface area contributed by atoms with Crippen molar-refractivity contribution in [2.24, 2.45) is 5.92 Å². The highest BCUT2D eigenvalue weighted by Crippen LogP contribution is 2.29. The molecule has 0 unspecified atom stereocenters. The van der Waals surface area contributed by atoms with Gasteiger partial charge in [0.15, 0.2) is 0 Å². The molecule has 4 heteroatoms. The molecular formula is C25H43FO2S. The molecule has 0 amide bonds. The number of methoxy groups -OCH3 is 1. The van der Waals surface area contributed by atoms with Crippen molar-refractivity contribution in [3.05, 3.63) is 30.1 Å². The van der Waals surface area contributed by atoms with Gasteiger partial charge in [-0.05, 0) is 36.6 Å². The lowest BCUT2D eigenvalue weighted by Gasteiger charge is -2.08. The summed E-state index contributed by atoms with van der Waals surface area (Å²) < 4.78 is 17.8. The Morgan fingerprint density at radius 2 is 1.76 bits per heavy atom. The first-order chi connectivity index (χ1) is 14.2. The molecule has 0 N–H and O–H groups in total. The quantitative estimate of drug-likeness (QED) is 0.202. The second-order valence-electron chi connectivity index (χ2n) is 7.31. The van der Waals surface area contributed by atoms with E-state index in [4.69, 9.17) is 0 Å². The number of benzene rings is 1. The monoisotopic (exact) mass is 426 g/mol. The summed E-state index contributed by atoms with van der Waals surface area (Å²) in [5.74, 6) is 1.88. The lowest BCUT2D eigenvalue weighted by atomic mass is 10.0. The fourth-order valence-corrected chi connectivity index (χ4v) is 4.33. The van der Waals surface area contributed by atoms with Gasteiger partial charge in [0.2, 0.25) is 0 Å². The van der Waals surface area contributed by atoms with Crippen LogP contribution in [-0.2, 0) is 9.53 Å². The van der Waals surface area contributed by atoms with E-state index in [1.54, 1.807) is 23.9 Å². The van der Waals surface area contributed by atoms with Crippen molar-refractivity contribution >= 4 is 17.7 Å². The summed E-state index contributed by atoms with van der Waals surface area (Å²) in [4.78, 5) is 11.4. The first-order valence-electron chi connectivity index (χ1n) is 11.6. The van der Waals surface area contributed by atoms with Gasteiger partial charge in [0, 0.05) is 11.3 Å². The zero-order valence-corrected chi connectivity index (χ0v) is 20.0. The summed E-state index contributed by atoms with van der Waals surface area (Å²) >= 11 is 1.65. The van der Waals surface area contributed by atoms with Crippen LogP contribution >= 0.6 is 11.8 Å². The molecule has 0 radical (unpaired) electrons. The highest BCUT2D eigenvalue weighted by Gasteiger charge is 2.13. The number of carbonyl (C=O) groups is 1. The Kier molecular flexibility index (Phi) is 19.5. The van der Waals surface area contributed by atoms with E-state index in [0.29, 0.717) is 6.42 Å². The van der Waals surface area contributed by atoms with Crippen molar-refractivity contribution in [3.8, 4) is 0 Å². The van der Waals surface area contributed by atoms with Gasteiger partial charge >= 0.3 is 5.97 Å². The van der Waals surface area contributed by atoms with E-state index in [1.165, 1.54) is 64.9 Å². The van der Waals surface area contributed by atoms with Crippen molar-refractivity contribution in [2.75, 3.05) is 12.9 Å². The molecule has 0 aliphatic heterocycles. The number of halogens is 1. The van der Waals surface area contributed by atoms with Crippen LogP contribution in [0.5, 0.6) is 0 Å². The largest absolute Gasteiger partial charge is 0.469 e. The molecule has 0 atom stereocenters. The Hall–Kier alpha value is -1.03. The normalized spacial score (nSPS) is 13.1. The summed E-state index contributed by atoms with van der Waals surface area (Å²) in [6.45, 7) is 6.15. The van der Waals surface area contributed by atoms with Gasteiger partial charge in [-0.1, -0.05) is 90.7 Å². The molecule has 168 valence electrons. The van der Waals surface area contributed by atoms with Crippen LogP contribution in [0.4, 0.5) is 4.39 Å². The second kappa shape index (κ2) is 20.3. The zero-order chi connectivity index (χ0) is 21.7. The summed E-state index contributed by atoms with van der Waals surface area (Å²) in [6.07, 6.45) is 14.8. The van der Waals surface area contributed by atoms with Gasteiger partial charge in [0.25, 0.3) is 0 Å². The third-order valence-electron chi connectivity index (χ3n) is 5.04. The predicted octanol–water partition coefficient (Wildman–Crippen LogP) is 8.43. The maximum Gasteiger partial charge on any atom is 0.305 e. The zero-order valence-electron chi connectivity index (χ0n) is 19.2. The Morgan fingerprint density at radius 1 is 1.07 bits per heavy atom. The highest BCUT2D eigenvalue weighted by molar-refractivity contribution is 7.99. The van der Waals surface area contributed by atoms with E-state index in [0.717, 1.165) is 29.4 Å². The van der Waals surface area contributed by atoms with Gasteiger partial charge in [-0.15, -0.1) is 11.8 Å².